The third-order valence-electron chi connectivity index (χ3n) is 5.70. The van der Waals surface area contributed by atoms with Gasteiger partial charge >= 0.3 is 0 Å². The summed E-state index contributed by atoms with van der Waals surface area (Å²) in [6.07, 6.45) is 0. The van der Waals surface area contributed by atoms with Crippen LogP contribution in [0.4, 0.5) is 5.13 Å². The van der Waals surface area contributed by atoms with Crippen molar-refractivity contribution in [2.24, 2.45) is 0 Å². The molecule has 0 unspecified atom stereocenters. The average molecular weight is 446 g/mol. The molecule has 1 heterocycles. The van der Waals surface area contributed by atoms with Gasteiger partial charge in [0.15, 0.2) is 5.13 Å². The predicted molar refractivity (Wildman–Crippen MR) is 132 cm³/mol. The average Bonchev–Trinajstić information content (AvgIpc) is 3.12. The van der Waals surface area contributed by atoms with Crippen LogP contribution in [0.1, 0.15) is 46.5 Å². The van der Waals surface area contributed by atoms with Gasteiger partial charge in [0.25, 0.3) is 5.91 Å². The van der Waals surface area contributed by atoms with E-state index in [9.17, 15) is 4.79 Å². The van der Waals surface area contributed by atoms with Gasteiger partial charge in [0, 0.05) is 18.7 Å². The Balaban J connectivity index is 0.00000320. The number of aryl methyl sites for hydroxylation is 4. The minimum absolute atomic E-state index is 0. The standard InChI is InChI=1S/C24H31N3OS.ClH/c1-7-26(8-2)13-14-27(23(28)20-11-9-16(3)15-18(20)5)24-25-22-19(6)17(4)10-12-21(22)29-24;/h9-12,15H,7-8,13-14H2,1-6H3;1H. The molecule has 0 fully saturated rings. The number of aromatic nitrogens is 1. The molecule has 0 saturated carbocycles. The zero-order valence-corrected chi connectivity index (χ0v) is 20.4. The van der Waals surface area contributed by atoms with E-state index in [0.717, 1.165) is 46.1 Å². The number of carbonyl (C=O) groups is 1. The van der Waals surface area contributed by atoms with E-state index in [4.69, 9.17) is 4.98 Å². The van der Waals surface area contributed by atoms with Crippen molar-refractivity contribution in [3.63, 3.8) is 0 Å². The lowest BCUT2D eigenvalue weighted by atomic mass is 10.0. The smallest absolute Gasteiger partial charge is 0.260 e. The minimum Gasteiger partial charge on any atom is -0.302 e. The highest BCUT2D eigenvalue weighted by atomic mass is 35.5. The van der Waals surface area contributed by atoms with Crippen LogP contribution >= 0.6 is 23.7 Å². The van der Waals surface area contributed by atoms with E-state index in [1.807, 2.05) is 24.0 Å². The Morgan fingerprint density at radius 3 is 2.30 bits per heavy atom. The van der Waals surface area contributed by atoms with Crippen molar-refractivity contribution in [1.82, 2.24) is 9.88 Å². The summed E-state index contributed by atoms with van der Waals surface area (Å²) >= 11 is 1.60. The highest BCUT2D eigenvalue weighted by Gasteiger charge is 2.23. The summed E-state index contributed by atoms with van der Waals surface area (Å²) in [7, 11) is 0. The summed E-state index contributed by atoms with van der Waals surface area (Å²) in [5, 5.41) is 0.783. The highest BCUT2D eigenvalue weighted by Crippen LogP contribution is 2.33. The number of hydrogen-bond donors (Lipinski definition) is 0. The molecule has 0 saturated heterocycles. The topological polar surface area (TPSA) is 36.4 Å². The van der Waals surface area contributed by atoms with Crippen molar-refractivity contribution in [3.8, 4) is 0 Å². The third-order valence-corrected chi connectivity index (χ3v) is 6.74. The molecule has 0 bridgehead atoms. The monoisotopic (exact) mass is 445 g/mol. The molecule has 0 N–H and O–H groups in total. The molecular weight excluding hydrogens is 414 g/mol. The maximum absolute atomic E-state index is 13.6. The van der Waals surface area contributed by atoms with Gasteiger partial charge in [0.2, 0.25) is 0 Å². The molecule has 0 aliphatic rings. The molecule has 0 radical (unpaired) electrons. The summed E-state index contributed by atoms with van der Waals surface area (Å²) in [5.74, 6) is 0.0306. The van der Waals surface area contributed by atoms with Crippen LogP contribution in [-0.4, -0.2) is 42.0 Å². The summed E-state index contributed by atoms with van der Waals surface area (Å²) in [6.45, 7) is 16.0. The van der Waals surface area contributed by atoms with Crippen molar-refractivity contribution in [2.75, 3.05) is 31.1 Å². The second kappa shape index (κ2) is 10.4. The zero-order chi connectivity index (χ0) is 21.1. The van der Waals surface area contributed by atoms with Crippen LogP contribution in [0.15, 0.2) is 30.3 Å². The van der Waals surface area contributed by atoms with Crippen LogP contribution in [0, 0.1) is 27.7 Å². The molecule has 30 heavy (non-hydrogen) atoms. The normalized spacial score (nSPS) is 11.0. The van der Waals surface area contributed by atoms with Gasteiger partial charge in [-0.15, -0.1) is 12.4 Å². The molecule has 0 aliphatic carbocycles. The number of likely N-dealkylation sites (N-methyl/N-ethyl adjacent to an activating group) is 1. The number of halogens is 1. The van der Waals surface area contributed by atoms with Crippen molar-refractivity contribution in [1.29, 1.82) is 0 Å². The van der Waals surface area contributed by atoms with Crippen LogP contribution < -0.4 is 4.90 Å². The first kappa shape index (κ1) is 24.3. The van der Waals surface area contributed by atoms with E-state index in [1.54, 1.807) is 11.3 Å². The number of thiazole rings is 1. The van der Waals surface area contributed by atoms with Gasteiger partial charge in [-0.3, -0.25) is 9.69 Å². The Kier molecular flexibility index (Phi) is 8.42. The number of fused-ring (bicyclic) bond motifs is 1. The Morgan fingerprint density at radius 2 is 1.67 bits per heavy atom. The number of rotatable bonds is 7. The number of carbonyl (C=O) groups excluding carboxylic acids is 1. The largest absolute Gasteiger partial charge is 0.302 e. The quantitative estimate of drug-likeness (QED) is 0.451. The molecule has 3 aromatic rings. The number of amides is 1. The first-order chi connectivity index (χ1) is 13.8. The maximum atomic E-state index is 13.6. The number of nitrogens with zero attached hydrogens (tertiary/aromatic N) is 3. The number of anilines is 1. The summed E-state index contributed by atoms with van der Waals surface area (Å²) in [6, 6.07) is 10.3. The van der Waals surface area contributed by atoms with E-state index in [2.05, 4.69) is 57.7 Å². The lowest BCUT2D eigenvalue weighted by molar-refractivity contribution is 0.0983. The van der Waals surface area contributed by atoms with Crippen molar-refractivity contribution in [3.05, 3.63) is 58.1 Å². The van der Waals surface area contributed by atoms with Crippen LogP contribution in [0.2, 0.25) is 0 Å². The molecule has 3 rings (SSSR count). The lowest BCUT2D eigenvalue weighted by Crippen LogP contribution is -2.39. The van der Waals surface area contributed by atoms with E-state index in [1.165, 1.54) is 16.7 Å². The fraction of sp³-hybridized carbons (Fsp3) is 0.417. The Bertz CT molecular complexity index is 1030. The van der Waals surface area contributed by atoms with Gasteiger partial charge in [0.05, 0.1) is 10.2 Å². The molecule has 0 aliphatic heterocycles. The molecular formula is C24H32ClN3OS. The van der Waals surface area contributed by atoms with Gasteiger partial charge < -0.3 is 4.90 Å². The Labute approximate surface area is 190 Å². The van der Waals surface area contributed by atoms with E-state index >= 15 is 0 Å². The van der Waals surface area contributed by atoms with Crippen LogP contribution in [-0.2, 0) is 0 Å². The van der Waals surface area contributed by atoms with Crippen LogP contribution in [0.5, 0.6) is 0 Å². The third kappa shape index (κ3) is 5.02. The SMILES string of the molecule is CCN(CC)CCN(C(=O)c1ccc(C)cc1C)c1nc2c(C)c(C)ccc2s1.Cl. The Morgan fingerprint density at radius 1 is 0.967 bits per heavy atom. The van der Waals surface area contributed by atoms with Crippen molar-refractivity contribution in [2.45, 2.75) is 41.5 Å². The molecule has 162 valence electrons. The maximum Gasteiger partial charge on any atom is 0.260 e. The van der Waals surface area contributed by atoms with Gasteiger partial charge in [0.1, 0.15) is 0 Å². The van der Waals surface area contributed by atoms with Gasteiger partial charge in [-0.05, 0) is 69.6 Å². The second-order valence-electron chi connectivity index (χ2n) is 7.65. The molecule has 0 spiro atoms. The number of benzene rings is 2. The molecule has 6 heteroatoms. The molecule has 2 aromatic carbocycles. The molecule has 1 aromatic heterocycles. The molecule has 4 nitrogen and oxygen atoms in total. The first-order valence-corrected chi connectivity index (χ1v) is 11.2. The van der Waals surface area contributed by atoms with Gasteiger partial charge in [-0.1, -0.05) is 48.9 Å². The van der Waals surface area contributed by atoms with Crippen molar-refractivity contribution >= 4 is 45.0 Å². The van der Waals surface area contributed by atoms with E-state index < -0.39 is 0 Å². The van der Waals surface area contributed by atoms with Gasteiger partial charge in [-0.25, -0.2) is 4.98 Å². The predicted octanol–water partition coefficient (Wildman–Crippen LogP) is 5.94. The van der Waals surface area contributed by atoms with E-state index in [0.29, 0.717) is 6.54 Å². The minimum atomic E-state index is 0. The fourth-order valence-electron chi connectivity index (χ4n) is 3.59. The summed E-state index contributed by atoms with van der Waals surface area (Å²) < 4.78 is 1.13. The highest BCUT2D eigenvalue weighted by molar-refractivity contribution is 7.22. The second-order valence-corrected chi connectivity index (χ2v) is 8.66. The molecule has 1 amide bonds. The first-order valence-electron chi connectivity index (χ1n) is 10.3. The summed E-state index contributed by atoms with van der Waals surface area (Å²) in [4.78, 5) is 22.7. The van der Waals surface area contributed by atoms with E-state index in [-0.39, 0.29) is 18.3 Å². The van der Waals surface area contributed by atoms with Crippen LogP contribution in [0.3, 0.4) is 0 Å². The van der Waals surface area contributed by atoms with Gasteiger partial charge in [-0.2, -0.15) is 0 Å². The summed E-state index contributed by atoms with van der Waals surface area (Å²) in [5.41, 5.74) is 6.35. The Hall–Kier alpha value is -1.95. The molecule has 0 atom stereocenters. The number of hydrogen-bond acceptors (Lipinski definition) is 4. The lowest BCUT2D eigenvalue weighted by Gasteiger charge is -2.25. The van der Waals surface area contributed by atoms with Crippen LogP contribution in [0.25, 0.3) is 10.2 Å². The van der Waals surface area contributed by atoms with Crippen molar-refractivity contribution < 1.29 is 4.79 Å². The fourth-order valence-corrected chi connectivity index (χ4v) is 4.64. The zero-order valence-electron chi connectivity index (χ0n) is 18.8.